The lowest BCUT2D eigenvalue weighted by molar-refractivity contribution is -0.0496. The van der Waals surface area contributed by atoms with Gasteiger partial charge in [0.05, 0.1) is 0 Å². The number of guanidine groups is 1. The van der Waals surface area contributed by atoms with Crippen LogP contribution in [0.1, 0.15) is 19.8 Å². The van der Waals surface area contributed by atoms with E-state index in [0.29, 0.717) is 35.7 Å². The topological polar surface area (TPSA) is 80.3 Å². The van der Waals surface area contributed by atoms with Crippen LogP contribution in [0.25, 0.3) is 0 Å². The number of halogens is 4. The number of piperazine rings is 1. The molecule has 0 aromatic carbocycles. The van der Waals surface area contributed by atoms with Crippen LogP contribution in [-0.2, 0) is 10.0 Å². The minimum absolute atomic E-state index is 0. The van der Waals surface area contributed by atoms with Gasteiger partial charge in [0.2, 0.25) is 0 Å². The molecule has 2 rings (SSSR count). The van der Waals surface area contributed by atoms with Crippen molar-refractivity contribution in [2.45, 2.75) is 31.3 Å². The summed E-state index contributed by atoms with van der Waals surface area (Å²) >= 11 is 0. The molecule has 178 valence electrons. The maximum Gasteiger partial charge on any atom is 0.511 e. The van der Waals surface area contributed by atoms with Crippen molar-refractivity contribution in [3.05, 3.63) is 0 Å². The average molecular weight is 570 g/mol. The minimum Gasteiger partial charge on any atom is -0.356 e. The van der Waals surface area contributed by atoms with Crippen LogP contribution in [0.15, 0.2) is 4.99 Å². The zero-order valence-electron chi connectivity index (χ0n) is 17.8. The highest BCUT2D eigenvalue weighted by Crippen LogP contribution is 2.30. The van der Waals surface area contributed by atoms with Crippen molar-refractivity contribution in [3.8, 4) is 0 Å². The van der Waals surface area contributed by atoms with Crippen LogP contribution in [0.4, 0.5) is 13.2 Å². The van der Waals surface area contributed by atoms with Crippen molar-refractivity contribution in [3.63, 3.8) is 0 Å². The van der Waals surface area contributed by atoms with Crippen molar-refractivity contribution < 1.29 is 21.6 Å². The van der Waals surface area contributed by atoms with Gasteiger partial charge >= 0.3 is 15.5 Å². The maximum atomic E-state index is 12.6. The molecule has 2 aliphatic rings. The molecule has 0 saturated carbocycles. The van der Waals surface area contributed by atoms with Gasteiger partial charge in [0.15, 0.2) is 5.96 Å². The fourth-order valence-electron chi connectivity index (χ4n) is 3.60. The van der Waals surface area contributed by atoms with Crippen molar-refractivity contribution in [1.82, 2.24) is 24.7 Å². The van der Waals surface area contributed by atoms with Gasteiger partial charge in [-0.05, 0) is 32.7 Å². The molecule has 0 spiro atoms. The van der Waals surface area contributed by atoms with Crippen molar-refractivity contribution in [2.75, 3.05) is 66.5 Å². The predicted molar refractivity (Wildman–Crippen MR) is 123 cm³/mol. The zero-order chi connectivity index (χ0) is 21.7. The smallest absolute Gasteiger partial charge is 0.356 e. The van der Waals surface area contributed by atoms with E-state index in [1.54, 1.807) is 7.05 Å². The molecule has 1 unspecified atom stereocenters. The first-order valence-corrected chi connectivity index (χ1v) is 11.4. The van der Waals surface area contributed by atoms with Gasteiger partial charge in [-0.25, -0.2) is 8.42 Å². The number of rotatable bonds is 6. The van der Waals surface area contributed by atoms with Crippen LogP contribution >= 0.6 is 24.0 Å². The molecule has 2 N–H and O–H groups in total. The van der Waals surface area contributed by atoms with Gasteiger partial charge in [-0.3, -0.25) is 9.89 Å². The summed E-state index contributed by atoms with van der Waals surface area (Å²) in [6.07, 6.45) is 0.772. The molecule has 8 nitrogen and oxygen atoms in total. The van der Waals surface area contributed by atoms with E-state index in [9.17, 15) is 21.6 Å². The van der Waals surface area contributed by atoms with Gasteiger partial charge in [0.25, 0.3) is 0 Å². The van der Waals surface area contributed by atoms with Crippen LogP contribution in [0.2, 0.25) is 0 Å². The zero-order valence-corrected chi connectivity index (χ0v) is 20.9. The second-order valence-corrected chi connectivity index (χ2v) is 9.74. The standard InChI is InChI=1S/C17H33F3N6O2S.HI/c1-14(25-10-8-24(3)9-11-25)12-22-16(21-2)23-13-15-4-6-26(7-5-15)29(27,28)17(18,19)20;/h14-15H,4-13H2,1-3H3,(H2,21,22,23);1H. The van der Waals surface area contributed by atoms with Gasteiger partial charge < -0.3 is 15.5 Å². The monoisotopic (exact) mass is 570 g/mol. The summed E-state index contributed by atoms with van der Waals surface area (Å²) in [5.74, 6) is 0.750. The van der Waals surface area contributed by atoms with Gasteiger partial charge in [0, 0.05) is 65.4 Å². The fourth-order valence-corrected chi connectivity index (χ4v) is 4.58. The highest BCUT2D eigenvalue weighted by Gasteiger charge is 2.50. The van der Waals surface area contributed by atoms with Gasteiger partial charge in [-0.15, -0.1) is 24.0 Å². The third kappa shape index (κ3) is 7.64. The number of piperidine rings is 1. The van der Waals surface area contributed by atoms with E-state index in [0.717, 1.165) is 32.7 Å². The van der Waals surface area contributed by atoms with E-state index in [4.69, 9.17) is 0 Å². The molecule has 2 heterocycles. The second kappa shape index (κ2) is 12.0. The van der Waals surface area contributed by atoms with Crippen LogP contribution in [0, 0.1) is 5.92 Å². The van der Waals surface area contributed by atoms with Crippen LogP contribution in [-0.4, -0.2) is 106 Å². The van der Waals surface area contributed by atoms with E-state index >= 15 is 0 Å². The van der Waals surface area contributed by atoms with E-state index in [2.05, 4.69) is 39.4 Å². The molecule has 0 radical (unpaired) electrons. The lowest BCUT2D eigenvalue weighted by Gasteiger charge is -2.36. The SMILES string of the molecule is CN=C(NCC1CCN(S(=O)(=O)C(F)(F)F)CC1)NCC(C)N1CCN(C)CC1.I. The normalized spacial score (nSPS) is 22.4. The molecule has 2 aliphatic heterocycles. The Balaban J connectivity index is 0.00000450. The molecular weight excluding hydrogens is 536 g/mol. The lowest BCUT2D eigenvalue weighted by Crippen LogP contribution is -2.52. The number of nitrogens with one attached hydrogen (secondary N) is 2. The quantitative estimate of drug-likeness (QED) is 0.282. The van der Waals surface area contributed by atoms with Crippen molar-refractivity contribution in [1.29, 1.82) is 0 Å². The predicted octanol–water partition coefficient (Wildman–Crippen LogP) is 0.967. The third-order valence-electron chi connectivity index (χ3n) is 5.71. The molecule has 13 heteroatoms. The Morgan fingerprint density at radius 2 is 1.67 bits per heavy atom. The summed E-state index contributed by atoms with van der Waals surface area (Å²) in [6.45, 7) is 7.41. The number of sulfonamides is 1. The van der Waals surface area contributed by atoms with E-state index < -0.39 is 15.5 Å². The van der Waals surface area contributed by atoms with Crippen molar-refractivity contribution in [2.24, 2.45) is 10.9 Å². The summed E-state index contributed by atoms with van der Waals surface area (Å²) in [5.41, 5.74) is -5.23. The molecule has 0 aromatic rings. The highest BCUT2D eigenvalue weighted by atomic mass is 127. The van der Waals surface area contributed by atoms with E-state index in [1.807, 2.05) is 0 Å². The molecule has 1 atom stereocenters. The molecule has 0 aliphatic carbocycles. The Hall–Kier alpha value is -0.380. The third-order valence-corrected chi connectivity index (χ3v) is 7.34. The van der Waals surface area contributed by atoms with Gasteiger partial charge in [-0.1, -0.05) is 0 Å². The van der Waals surface area contributed by atoms with Gasteiger partial charge in [0.1, 0.15) is 0 Å². The second-order valence-electron chi connectivity index (χ2n) is 7.82. The Bertz CT molecular complexity index is 648. The molecular formula is C17H34F3IN6O2S. The van der Waals surface area contributed by atoms with E-state index in [1.165, 1.54) is 0 Å². The first kappa shape index (κ1) is 27.7. The first-order valence-electron chi connectivity index (χ1n) is 9.98. The highest BCUT2D eigenvalue weighted by molar-refractivity contribution is 14.0. The van der Waals surface area contributed by atoms with Crippen LogP contribution in [0.5, 0.6) is 0 Å². The van der Waals surface area contributed by atoms with E-state index in [-0.39, 0.29) is 43.0 Å². The maximum absolute atomic E-state index is 12.6. The largest absolute Gasteiger partial charge is 0.511 e. The van der Waals surface area contributed by atoms with Crippen molar-refractivity contribution >= 4 is 40.0 Å². The summed E-state index contributed by atoms with van der Waals surface area (Å²) in [5, 5.41) is 6.51. The molecule has 2 saturated heterocycles. The number of likely N-dealkylation sites (N-methyl/N-ethyl adjacent to an activating group) is 1. The number of hydrogen-bond donors (Lipinski definition) is 2. The average Bonchev–Trinajstić information content (AvgIpc) is 2.68. The minimum atomic E-state index is -5.23. The molecule has 2 fully saturated rings. The Morgan fingerprint density at radius 3 is 2.17 bits per heavy atom. The molecule has 0 aromatic heterocycles. The molecule has 0 amide bonds. The number of alkyl halides is 3. The fraction of sp³-hybridized carbons (Fsp3) is 0.941. The molecule has 30 heavy (non-hydrogen) atoms. The summed E-state index contributed by atoms with van der Waals surface area (Å²) in [4.78, 5) is 8.94. The number of hydrogen-bond acceptors (Lipinski definition) is 5. The first-order chi connectivity index (χ1) is 13.5. The summed E-state index contributed by atoms with van der Waals surface area (Å²) in [7, 11) is -1.43. The summed E-state index contributed by atoms with van der Waals surface area (Å²) < 4.78 is 61.4. The number of aliphatic imine (C=N–C) groups is 1. The lowest BCUT2D eigenvalue weighted by atomic mass is 9.98. The van der Waals surface area contributed by atoms with Gasteiger partial charge in [-0.2, -0.15) is 17.5 Å². The van der Waals surface area contributed by atoms with Crippen LogP contribution < -0.4 is 10.6 Å². The number of nitrogens with zero attached hydrogens (tertiary/aromatic N) is 4. The molecule has 0 bridgehead atoms. The summed E-state index contributed by atoms with van der Waals surface area (Å²) in [6, 6.07) is 0.359. The Labute approximate surface area is 194 Å². The van der Waals surface area contributed by atoms with Crippen LogP contribution in [0.3, 0.4) is 0 Å². The Morgan fingerprint density at radius 1 is 1.10 bits per heavy atom. The Kier molecular flexibility index (Phi) is 11.1.